The summed E-state index contributed by atoms with van der Waals surface area (Å²) >= 11 is 0. The maximum absolute atomic E-state index is 5.35. The fourth-order valence-corrected chi connectivity index (χ4v) is 3.09. The SMILES string of the molecule is CCOCCNCC1(CC(C)C)CCCC1. The molecule has 96 valence electrons. The lowest BCUT2D eigenvalue weighted by Crippen LogP contribution is -2.35. The molecule has 1 rings (SSSR count). The predicted molar refractivity (Wildman–Crippen MR) is 69.7 cm³/mol. The molecular formula is C14H29NO. The van der Waals surface area contributed by atoms with Gasteiger partial charge in [0, 0.05) is 19.7 Å². The van der Waals surface area contributed by atoms with E-state index in [1.807, 2.05) is 0 Å². The van der Waals surface area contributed by atoms with Gasteiger partial charge in [-0.05, 0) is 37.5 Å². The first-order valence-electron chi connectivity index (χ1n) is 6.97. The van der Waals surface area contributed by atoms with E-state index in [1.54, 1.807) is 0 Å². The Kier molecular flexibility index (Phi) is 6.37. The average molecular weight is 227 g/mol. The molecule has 16 heavy (non-hydrogen) atoms. The Hall–Kier alpha value is -0.0800. The van der Waals surface area contributed by atoms with E-state index >= 15 is 0 Å². The lowest BCUT2D eigenvalue weighted by molar-refractivity contribution is 0.142. The van der Waals surface area contributed by atoms with Gasteiger partial charge in [-0.2, -0.15) is 0 Å². The van der Waals surface area contributed by atoms with Crippen LogP contribution in [0, 0.1) is 11.3 Å². The van der Waals surface area contributed by atoms with Crippen LogP contribution in [0.3, 0.4) is 0 Å². The van der Waals surface area contributed by atoms with Gasteiger partial charge in [-0.25, -0.2) is 0 Å². The second-order valence-electron chi connectivity index (χ2n) is 5.68. The molecule has 0 unspecified atom stereocenters. The van der Waals surface area contributed by atoms with Crippen LogP contribution in [0.4, 0.5) is 0 Å². The lowest BCUT2D eigenvalue weighted by atomic mass is 9.78. The summed E-state index contributed by atoms with van der Waals surface area (Å²) < 4.78 is 5.35. The highest BCUT2D eigenvalue weighted by atomic mass is 16.5. The zero-order valence-electron chi connectivity index (χ0n) is 11.3. The molecule has 0 amide bonds. The molecule has 1 fully saturated rings. The van der Waals surface area contributed by atoms with Gasteiger partial charge < -0.3 is 10.1 Å². The lowest BCUT2D eigenvalue weighted by Gasteiger charge is -2.31. The van der Waals surface area contributed by atoms with Crippen LogP contribution in [0.15, 0.2) is 0 Å². The molecule has 0 bridgehead atoms. The Labute approximate surface area is 101 Å². The van der Waals surface area contributed by atoms with Gasteiger partial charge >= 0.3 is 0 Å². The van der Waals surface area contributed by atoms with Crippen molar-refractivity contribution in [1.29, 1.82) is 0 Å². The normalized spacial score (nSPS) is 19.5. The molecule has 0 aromatic rings. The minimum Gasteiger partial charge on any atom is -0.380 e. The molecule has 2 heteroatoms. The average Bonchev–Trinajstić information content (AvgIpc) is 2.65. The number of hydrogen-bond acceptors (Lipinski definition) is 2. The third-order valence-electron chi connectivity index (χ3n) is 3.63. The topological polar surface area (TPSA) is 21.3 Å². The second kappa shape index (κ2) is 7.29. The van der Waals surface area contributed by atoms with Crippen LogP contribution in [0.2, 0.25) is 0 Å². The molecule has 0 aliphatic heterocycles. The molecule has 1 saturated carbocycles. The van der Waals surface area contributed by atoms with Crippen molar-refractivity contribution >= 4 is 0 Å². The van der Waals surface area contributed by atoms with Crippen LogP contribution < -0.4 is 5.32 Å². The van der Waals surface area contributed by atoms with Gasteiger partial charge in [-0.15, -0.1) is 0 Å². The smallest absolute Gasteiger partial charge is 0.0590 e. The molecule has 0 heterocycles. The fraction of sp³-hybridized carbons (Fsp3) is 1.00. The van der Waals surface area contributed by atoms with Crippen molar-refractivity contribution in [2.45, 2.75) is 52.9 Å². The summed E-state index contributed by atoms with van der Waals surface area (Å²) in [6.45, 7) is 10.6. The van der Waals surface area contributed by atoms with Crippen LogP contribution in [-0.2, 0) is 4.74 Å². The number of rotatable bonds is 8. The molecule has 0 aromatic heterocycles. The van der Waals surface area contributed by atoms with E-state index in [2.05, 4.69) is 26.1 Å². The van der Waals surface area contributed by atoms with E-state index in [4.69, 9.17) is 4.74 Å². The van der Waals surface area contributed by atoms with Crippen molar-refractivity contribution in [3.05, 3.63) is 0 Å². The Morgan fingerprint density at radius 2 is 1.94 bits per heavy atom. The molecule has 0 spiro atoms. The Morgan fingerprint density at radius 3 is 2.50 bits per heavy atom. The number of nitrogens with one attached hydrogen (secondary N) is 1. The zero-order valence-corrected chi connectivity index (χ0v) is 11.3. The van der Waals surface area contributed by atoms with Crippen molar-refractivity contribution in [3.8, 4) is 0 Å². The van der Waals surface area contributed by atoms with Gasteiger partial charge in [0.25, 0.3) is 0 Å². The van der Waals surface area contributed by atoms with Crippen LogP contribution in [0.1, 0.15) is 52.9 Å². The van der Waals surface area contributed by atoms with Crippen molar-refractivity contribution in [3.63, 3.8) is 0 Å². The Morgan fingerprint density at radius 1 is 1.25 bits per heavy atom. The van der Waals surface area contributed by atoms with Gasteiger partial charge in [0.15, 0.2) is 0 Å². The van der Waals surface area contributed by atoms with E-state index in [1.165, 1.54) is 38.6 Å². The van der Waals surface area contributed by atoms with Gasteiger partial charge in [-0.3, -0.25) is 0 Å². The first-order chi connectivity index (χ1) is 7.68. The van der Waals surface area contributed by atoms with E-state index in [0.29, 0.717) is 5.41 Å². The molecule has 1 N–H and O–H groups in total. The summed E-state index contributed by atoms with van der Waals surface area (Å²) in [5, 5.41) is 3.58. The summed E-state index contributed by atoms with van der Waals surface area (Å²) in [4.78, 5) is 0. The summed E-state index contributed by atoms with van der Waals surface area (Å²) in [5.74, 6) is 0.826. The van der Waals surface area contributed by atoms with Crippen molar-refractivity contribution in [1.82, 2.24) is 5.32 Å². The largest absolute Gasteiger partial charge is 0.380 e. The molecule has 2 nitrogen and oxygen atoms in total. The van der Waals surface area contributed by atoms with Gasteiger partial charge in [0.2, 0.25) is 0 Å². The molecule has 1 aliphatic rings. The van der Waals surface area contributed by atoms with Gasteiger partial charge in [-0.1, -0.05) is 26.7 Å². The monoisotopic (exact) mass is 227 g/mol. The van der Waals surface area contributed by atoms with Crippen LogP contribution in [-0.4, -0.2) is 26.3 Å². The van der Waals surface area contributed by atoms with Crippen LogP contribution >= 0.6 is 0 Å². The Balaban J connectivity index is 2.22. The van der Waals surface area contributed by atoms with Gasteiger partial charge in [0.05, 0.1) is 6.61 Å². The van der Waals surface area contributed by atoms with Crippen molar-refractivity contribution in [2.75, 3.05) is 26.3 Å². The molecule has 0 atom stereocenters. The fourth-order valence-electron chi connectivity index (χ4n) is 3.09. The van der Waals surface area contributed by atoms with Crippen LogP contribution in [0.25, 0.3) is 0 Å². The standard InChI is InChI=1S/C14H29NO/c1-4-16-10-9-15-12-14(11-13(2)3)7-5-6-8-14/h13,15H,4-12H2,1-3H3. The number of ether oxygens (including phenoxy) is 1. The second-order valence-corrected chi connectivity index (χ2v) is 5.68. The summed E-state index contributed by atoms with van der Waals surface area (Å²) in [5.41, 5.74) is 0.598. The maximum Gasteiger partial charge on any atom is 0.0590 e. The Bertz CT molecular complexity index is 174. The molecular weight excluding hydrogens is 198 g/mol. The number of hydrogen-bond donors (Lipinski definition) is 1. The zero-order chi connectivity index (χ0) is 11.9. The minimum absolute atomic E-state index is 0.598. The van der Waals surface area contributed by atoms with E-state index in [0.717, 1.165) is 25.7 Å². The molecule has 1 aliphatic carbocycles. The highest BCUT2D eigenvalue weighted by molar-refractivity contribution is 4.87. The molecule has 0 saturated heterocycles. The summed E-state index contributed by atoms with van der Waals surface area (Å²) in [6, 6.07) is 0. The van der Waals surface area contributed by atoms with E-state index in [-0.39, 0.29) is 0 Å². The quantitative estimate of drug-likeness (QED) is 0.643. The summed E-state index contributed by atoms with van der Waals surface area (Å²) in [7, 11) is 0. The predicted octanol–water partition coefficient (Wildman–Crippen LogP) is 3.22. The van der Waals surface area contributed by atoms with E-state index in [9.17, 15) is 0 Å². The van der Waals surface area contributed by atoms with Crippen molar-refractivity contribution in [2.24, 2.45) is 11.3 Å². The third-order valence-corrected chi connectivity index (χ3v) is 3.63. The third kappa shape index (κ3) is 4.84. The first-order valence-corrected chi connectivity index (χ1v) is 6.97. The van der Waals surface area contributed by atoms with E-state index < -0.39 is 0 Å². The molecule has 0 aromatic carbocycles. The highest BCUT2D eigenvalue weighted by Crippen LogP contribution is 2.42. The maximum atomic E-state index is 5.35. The van der Waals surface area contributed by atoms with Crippen molar-refractivity contribution < 1.29 is 4.74 Å². The van der Waals surface area contributed by atoms with Gasteiger partial charge in [0.1, 0.15) is 0 Å². The minimum atomic E-state index is 0.598. The first kappa shape index (κ1) is 14.0. The highest BCUT2D eigenvalue weighted by Gasteiger charge is 2.33. The molecule has 0 radical (unpaired) electrons. The summed E-state index contributed by atoms with van der Waals surface area (Å²) in [6.07, 6.45) is 7.09. The van der Waals surface area contributed by atoms with Crippen LogP contribution in [0.5, 0.6) is 0 Å².